The molecule has 0 bridgehead atoms. The summed E-state index contributed by atoms with van der Waals surface area (Å²) in [5.41, 5.74) is 3.11. The van der Waals surface area contributed by atoms with Crippen molar-refractivity contribution in [3.63, 3.8) is 0 Å². The molecule has 1 amide bonds. The van der Waals surface area contributed by atoms with Crippen LogP contribution in [0, 0.1) is 6.92 Å². The minimum Gasteiger partial charge on any atom is -0.493 e. The predicted molar refractivity (Wildman–Crippen MR) is 120 cm³/mol. The Morgan fingerprint density at radius 2 is 1.73 bits per heavy atom. The third-order valence-electron chi connectivity index (χ3n) is 4.21. The van der Waals surface area contributed by atoms with Crippen LogP contribution >= 0.6 is 12.4 Å². The van der Waals surface area contributed by atoms with E-state index in [9.17, 15) is 4.79 Å². The first kappa shape index (κ1) is 23.0. The Bertz CT molecular complexity index is 1040. The van der Waals surface area contributed by atoms with Gasteiger partial charge < -0.3 is 19.5 Å². The van der Waals surface area contributed by atoms with Crippen LogP contribution < -0.4 is 20.1 Å². The van der Waals surface area contributed by atoms with Crippen LogP contribution in [0.2, 0.25) is 0 Å². The molecule has 1 aromatic heterocycles. The number of nitrogens with zero attached hydrogens (tertiary/aromatic N) is 2. The summed E-state index contributed by atoms with van der Waals surface area (Å²) in [6.45, 7) is 5.51. The van der Waals surface area contributed by atoms with Crippen molar-refractivity contribution in [3.05, 3.63) is 42.2 Å². The number of aryl methyl sites for hydroxylation is 1. The van der Waals surface area contributed by atoms with Gasteiger partial charge in [0.15, 0.2) is 11.5 Å². The molecular weight excluding hydrogens is 408 g/mol. The van der Waals surface area contributed by atoms with Crippen molar-refractivity contribution < 1.29 is 19.0 Å². The zero-order valence-electron chi connectivity index (χ0n) is 17.5. The molecule has 0 saturated carbocycles. The fraction of sp³-hybridized carbons (Fsp3) is 0.286. The van der Waals surface area contributed by atoms with E-state index < -0.39 is 6.09 Å². The average molecular weight is 433 g/mol. The Morgan fingerprint density at radius 3 is 2.37 bits per heavy atom. The number of carbonyl (C=O) groups is 1. The van der Waals surface area contributed by atoms with E-state index in [1.54, 1.807) is 34.1 Å². The molecule has 0 saturated heterocycles. The van der Waals surface area contributed by atoms with Crippen LogP contribution in [-0.4, -0.2) is 36.4 Å². The third-order valence-corrected chi connectivity index (χ3v) is 4.21. The van der Waals surface area contributed by atoms with Gasteiger partial charge in [-0.15, -0.1) is 12.4 Å². The number of rotatable bonds is 6. The number of carbonyl (C=O) groups excluding carboxylic acids is 1. The lowest BCUT2D eigenvalue weighted by Crippen LogP contribution is -2.18. The van der Waals surface area contributed by atoms with E-state index in [-0.39, 0.29) is 18.5 Å². The number of hydrogen-bond donors (Lipinski definition) is 2. The standard InChI is InChI=1S/C21H24N4O4.ClH/c1-12(2)29-21(26)25-16-7-6-14(8-13(16)3)24-20-15-9-18(27-4)19(28-5)10-17(15)22-11-23-20;/h6-12H,1-5H3,(H,25,26)(H,22,23,24);1H. The lowest BCUT2D eigenvalue weighted by Gasteiger charge is -2.14. The van der Waals surface area contributed by atoms with E-state index in [0.29, 0.717) is 23.0 Å². The highest BCUT2D eigenvalue weighted by atomic mass is 35.5. The largest absolute Gasteiger partial charge is 0.493 e. The highest BCUT2D eigenvalue weighted by molar-refractivity contribution is 5.93. The van der Waals surface area contributed by atoms with Crippen molar-refractivity contribution in [2.45, 2.75) is 26.9 Å². The van der Waals surface area contributed by atoms with Crippen molar-refractivity contribution in [1.29, 1.82) is 0 Å². The van der Waals surface area contributed by atoms with Gasteiger partial charge in [-0.05, 0) is 50.6 Å². The number of fused-ring (bicyclic) bond motifs is 1. The first-order valence-electron chi connectivity index (χ1n) is 9.13. The van der Waals surface area contributed by atoms with Gasteiger partial charge in [0.2, 0.25) is 0 Å². The Balaban J connectivity index is 0.00000320. The first-order chi connectivity index (χ1) is 13.9. The Morgan fingerprint density at radius 1 is 1.03 bits per heavy atom. The second kappa shape index (κ2) is 9.98. The van der Waals surface area contributed by atoms with Crippen LogP contribution in [0.15, 0.2) is 36.7 Å². The maximum absolute atomic E-state index is 11.8. The van der Waals surface area contributed by atoms with Crippen LogP contribution in [0.4, 0.5) is 22.0 Å². The second-order valence-corrected chi connectivity index (χ2v) is 6.68. The van der Waals surface area contributed by atoms with Crippen molar-refractivity contribution in [2.75, 3.05) is 24.9 Å². The molecule has 2 N–H and O–H groups in total. The summed E-state index contributed by atoms with van der Waals surface area (Å²) in [6.07, 6.45) is 0.825. The zero-order chi connectivity index (χ0) is 21.0. The summed E-state index contributed by atoms with van der Waals surface area (Å²) in [5.74, 6) is 1.83. The van der Waals surface area contributed by atoms with Gasteiger partial charge in [-0.2, -0.15) is 0 Å². The van der Waals surface area contributed by atoms with E-state index in [4.69, 9.17) is 14.2 Å². The number of nitrogens with one attached hydrogen (secondary N) is 2. The van der Waals surface area contributed by atoms with Crippen LogP contribution in [0.1, 0.15) is 19.4 Å². The molecule has 0 spiro atoms. The maximum Gasteiger partial charge on any atom is 0.411 e. The SMILES string of the molecule is COc1cc2ncnc(Nc3ccc(NC(=O)OC(C)C)c(C)c3)c2cc1OC.Cl. The van der Waals surface area contributed by atoms with Crippen LogP contribution in [0.3, 0.4) is 0 Å². The molecule has 160 valence electrons. The summed E-state index contributed by atoms with van der Waals surface area (Å²) in [5, 5.41) is 6.84. The van der Waals surface area contributed by atoms with Gasteiger partial charge >= 0.3 is 6.09 Å². The van der Waals surface area contributed by atoms with E-state index in [1.165, 1.54) is 6.33 Å². The molecule has 0 atom stereocenters. The van der Waals surface area contributed by atoms with Crippen molar-refractivity contribution in [2.24, 2.45) is 0 Å². The van der Waals surface area contributed by atoms with Gasteiger partial charge in [0, 0.05) is 22.8 Å². The second-order valence-electron chi connectivity index (χ2n) is 6.68. The molecule has 0 radical (unpaired) electrons. The van der Waals surface area contributed by atoms with Crippen LogP contribution in [0.25, 0.3) is 10.9 Å². The van der Waals surface area contributed by atoms with Crippen LogP contribution in [-0.2, 0) is 4.74 Å². The molecule has 0 fully saturated rings. The van der Waals surface area contributed by atoms with Gasteiger partial charge in [0.25, 0.3) is 0 Å². The number of halogens is 1. The molecule has 2 aromatic carbocycles. The fourth-order valence-corrected chi connectivity index (χ4v) is 2.85. The molecule has 0 aliphatic rings. The first-order valence-corrected chi connectivity index (χ1v) is 9.13. The van der Waals surface area contributed by atoms with Gasteiger partial charge in [0.1, 0.15) is 12.1 Å². The van der Waals surface area contributed by atoms with Gasteiger partial charge in [-0.25, -0.2) is 14.8 Å². The van der Waals surface area contributed by atoms with Gasteiger partial charge in [-0.1, -0.05) is 0 Å². The molecule has 3 rings (SSSR count). The van der Waals surface area contributed by atoms with E-state index in [1.807, 2.05) is 31.2 Å². The summed E-state index contributed by atoms with van der Waals surface area (Å²) in [7, 11) is 3.17. The molecule has 1 heterocycles. The number of aromatic nitrogens is 2. The number of hydrogen-bond acceptors (Lipinski definition) is 7. The number of benzene rings is 2. The highest BCUT2D eigenvalue weighted by Gasteiger charge is 2.12. The summed E-state index contributed by atoms with van der Waals surface area (Å²) < 4.78 is 15.8. The maximum atomic E-state index is 11.8. The van der Waals surface area contributed by atoms with Gasteiger partial charge in [0.05, 0.1) is 25.8 Å². The number of ether oxygens (including phenoxy) is 3. The van der Waals surface area contributed by atoms with E-state index in [0.717, 1.165) is 22.2 Å². The van der Waals surface area contributed by atoms with Crippen LogP contribution in [0.5, 0.6) is 11.5 Å². The van der Waals surface area contributed by atoms with Crippen molar-refractivity contribution >= 4 is 46.6 Å². The number of amides is 1. The number of methoxy groups -OCH3 is 2. The molecular formula is C21H25ClN4O4. The zero-order valence-corrected chi connectivity index (χ0v) is 18.3. The summed E-state index contributed by atoms with van der Waals surface area (Å²) in [6, 6.07) is 9.22. The molecule has 30 heavy (non-hydrogen) atoms. The van der Waals surface area contributed by atoms with E-state index >= 15 is 0 Å². The minimum atomic E-state index is -0.480. The fourth-order valence-electron chi connectivity index (χ4n) is 2.85. The molecule has 0 unspecified atom stereocenters. The Hall–Kier alpha value is -3.26. The minimum absolute atomic E-state index is 0. The molecule has 0 aliphatic carbocycles. The lowest BCUT2D eigenvalue weighted by molar-refractivity contribution is 0.130. The number of anilines is 3. The predicted octanol–water partition coefficient (Wildman–Crippen LogP) is 5.08. The quantitative estimate of drug-likeness (QED) is 0.560. The molecule has 8 nitrogen and oxygen atoms in total. The summed E-state index contributed by atoms with van der Waals surface area (Å²) >= 11 is 0. The topological polar surface area (TPSA) is 94.6 Å². The average Bonchev–Trinajstić information content (AvgIpc) is 2.68. The molecule has 0 aliphatic heterocycles. The Labute approximate surface area is 181 Å². The van der Waals surface area contributed by atoms with E-state index in [2.05, 4.69) is 20.6 Å². The Kier molecular flexibility index (Phi) is 7.66. The normalized spacial score (nSPS) is 10.3. The van der Waals surface area contributed by atoms with Crippen molar-refractivity contribution in [3.8, 4) is 11.5 Å². The molecule has 3 aromatic rings. The molecule has 9 heteroatoms. The highest BCUT2D eigenvalue weighted by Crippen LogP contribution is 2.34. The lowest BCUT2D eigenvalue weighted by atomic mass is 10.1. The summed E-state index contributed by atoms with van der Waals surface area (Å²) in [4.78, 5) is 20.5. The monoisotopic (exact) mass is 432 g/mol. The van der Waals surface area contributed by atoms with Gasteiger partial charge in [-0.3, -0.25) is 5.32 Å². The van der Waals surface area contributed by atoms with Crippen molar-refractivity contribution in [1.82, 2.24) is 9.97 Å². The third kappa shape index (κ3) is 5.21. The smallest absolute Gasteiger partial charge is 0.411 e.